The number of carbonyl (C=O) groups excluding carboxylic acids is 1. The smallest absolute Gasteiger partial charge is 0.203 e. The van der Waals surface area contributed by atoms with E-state index in [0.717, 1.165) is 16.9 Å². The number of carbonyl (C=O) groups is 1. The van der Waals surface area contributed by atoms with E-state index < -0.39 is 5.60 Å². The lowest BCUT2D eigenvalue weighted by molar-refractivity contribution is -0.125. The molecule has 0 aromatic heterocycles. The number of hydrogen-bond donors (Lipinski definition) is 0. The van der Waals surface area contributed by atoms with Crippen LogP contribution in [0.25, 0.3) is 0 Å². The zero-order chi connectivity index (χ0) is 23.8. The molecule has 3 rings (SSSR count). The summed E-state index contributed by atoms with van der Waals surface area (Å²) >= 11 is 0. The molecule has 1 aromatic carbocycles. The molecule has 2 aliphatic rings. The third-order valence-electron chi connectivity index (χ3n) is 6.55. The molecular formula is C29H42O2. The Morgan fingerprint density at radius 3 is 1.74 bits per heavy atom. The number of fused-ring (bicyclic) bond motifs is 1. The molecule has 2 nitrogen and oxygen atoms in total. The highest BCUT2D eigenvalue weighted by Gasteiger charge is 2.49. The summed E-state index contributed by atoms with van der Waals surface area (Å²) in [4.78, 5) is 13.6. The number of rotatable bonds is 0. The Morgan fingerprint density at radius 1 is 0.742 bits per heavy atom. The molecule has 1 aliphatic carbocycles. The first-order valence-electron chi connectivity index (χ1n) is 11.6. The number of benzene rings is 1. The molecule has 0 saturated carbocycles. The van der Waals surface area contributed by atoms with Crippen LogP contribution < -0.4 is 4.74 Å². The molecule has 0 unspecified atom stereocenters. The van der Waals surface area contributed by atoms with Crippen LogP contribution in [0.3, 0.4) is 0 Å². The van der Waals surface area contributed by atoms with Crippen LogP contribution in [0.15, 0.2) is 35.4 Å². The Bertz CT molecular complexity index is 976. The average Bonchev–Trinajstić information content (AvgIpc) is 2.91. The maximum Gasteiger partial charge on any atom is 0.203 e. The third kappa shape index (κ3) is 4.28. The highest BCUT2D eigenvalue weighted by Crippen LogP contribution is 2.50. The van der Waals surface area contributed by atoms with Crippen molar-refractivity contribution in [1.82, 2.24) is 0 Å². The van der Waals surface area contributed by atoms with Crippen molar-refractivity contribution in [3.8, 4) is 5.75 Å². The van der Waals surface area contributed by atoms with Crippen molar-refractivity contribution in [3.05, 3.63) is 52.1 Å². The van der Waals surface area contributed by atoms with Gasteiger partial charge in [0.1, 0.15) is 5.75 Å². The fourth-order valence-corrected chi connectivity index (χ4v) is 4.60. The molecule has 1 aromatic rings. The van der Waals surface area contributed by atoms with Crippen LogP contribution in [0.2, 0.25) is 0 Å². The summed E-state index contributed by atoms with van der Waals surface area (Å²) in [6, 6.07) is 4.55. The molecule has 170 valence electrons. The first-order valence-corrected chi connectivity index (χ1v) is 11.6. The predicted octanol–water partition coefficient (Wildman–Crippen LogP) is 7.48. The zero-order valence-corrected chi connectivity index (χ0v) is 21.8. The van der Waals surface area contributed by atoms with Crippen molar-refractivity contribution in [1.29, 1.82) is 0 Å². The highest BCUT2D eigenvalue weighted by molar-refractivity contribution is 6.03. The number of ether oxygens (including phenoxy) is 1. The fourth-order valence-electron chi connectivity index (χ4n) is 4.60. The van der Waals surface area contributed by atoms with Crippen molar-refractivity contribution in [2.45, 2.75) is 106 Å². The van der Waals surface area contributed by atoms with E-state index in [1.54, 1.807) is 0 Å². The van der Waals surface area contributed by atoms with Crippen LogP contribution >= 0.6 is 0 Å². The number of hydrogen-bond acceptors (Lipinski definition) is 2. The molecule has 0 fully saturated rings. The van der Waals surface area contributed by atoms with Gasteiger partial charge in [-0.25, -0.2) is 0 Å². The van der Waals surface area contributed by atoms with E-state index in [9.17, 15) is 4.79 Å². The molecule has 0 amide bonds. The first kappa shape index (κ1) is 23.8. The third-order valence-corrected chi connectivity index (χ3v) is 6.55. The van der Waals surface area contributed by atoms with Gasteiger partial charge in [-0.2, -0.15) is 0 Å². The Hall–Kier alpha value is -1.83. The summed E-state index contributed by atoms with van der Waals surface area (Å²) in [5, 5.41) is 0. The maximum atomic E-state index is 13.6. The molecule has 2 heteroatoms. The molecule has 0 saturated heterocycles. The van der Waals surface area contributed by atoms with Crippen molar-refractivity contribution in [3.63, 3.8) is 0 Å². The molecule has 1 atom stereocenters. The molecular weight excluding hydrogens is 380 g/mol. The minimum absolute atomic E-state index is 0.0348. The highest BCUT2D eigenvalue weighted by atomic mass is 16.5. The monoisotopic (exact) mass is 422 g/mol. The van der Waals surface area contributed by atoms with Gasteiger partial charge in [0, 0.05) is 12.0 Å². The molecule has 1 spiro atoms. The second kappa shape index (κ2) is 6.83. The summed E-state index contributed by atoms with van der Waals surface area (Å²) < 4.78 is 6.69. The molecule has 31 heavy (non-hydrogen) atoms. The summed E-state index contributed by atoms with van der Waals surface area (Å²) in [7, 11) is 0. The van der Waals surface area contributed by atoms with Gasteiger partial charge in [-0.1, -0.05) is 95.2 Å². The van der Waals surface area contributed by atoms with Gasteiger partial charge in [0.05, 0.1) is 0 Å². The van der Waals surface area contributed by atoms with Gasteiger partial charge in [0.25, 0.3) is 0 Å². The van der Waals surface area contributed by atoms with Gasteiger partial charge < -0.3 is 4.74 Å². The van der Waals surface area contributed by atoms with E-state index in [4.69, 9.17) is 4.74 Å². The average molecular weight is 423 g/mol. The topological polar surface area (TPSA) is 26.3 Å². The van der Waals surface area contributed by atoms with Crippen molar-refractivity contribution in [2.75, 3.05) is 0 Å². The Kier molecular flexibility index (Phi) is 5.25. The lowest BCUT2D eigenvalue weighted by atomic mass is 9.67. The van der Waals surface area contributed by atoms with E-state index in [-0.39, 0.29) is 27.4 Å². The zero-order valence-electron chi connectivity index (χ0n) is 21.8. The Labute approximate surface area is 190 Å². The maximum absolute atomic E-state index is 13.6. The summed E-state index contributed by atoms with van der Waals surface area (Å²) in [5.74, 6) is 0.977. The molecule has 0 N–H and O–H groups in total. The second-order valence-electron chi connectivity index (χ2n) is 13.7. The van der Waals surface area contributed by atoms with Gasteiger partial charge in [0.2, 0.25) is 5.78 Å². The van der Waals surface area contributed by atoms with Crippen LogP contribution in [0.5, 0.6) is 5.75 Å². The first-order chi connectivity index (χ1) is 13.8. The fraction of sp³-hybridized carbons (Fsp3) is 0.621. The largest absolute Gasteiger partial charge is 0.474 e. The van der Waals surface area contributed by atoms with Crippen LogP contribution in [-0.4, -0.2) is 11.4 Å². The van der Waals surface area contributed by atoms with Gasteiger partial charge in [-0.3, -0.25) is 4.79 Å². The number of allylic oxidation sites excluding steroid dienone is 2. The van der Waals surface area contributed by atoms with Crippen molar-refractivity contribution < 1.29 is 9.53 Å². The van der Waals surface area contributed by atoms with Gasteiger partial charge in [-0.05, 0) is 56.1 Å². The second-order valence-corrected chi connectivity index (χ2v) is 13.7. The summed E-state index contributed by atoms with van der Waals surface area (Å²) in [5.41, 5.74) is 4.85. The lowest BCUT2D eigenvalue weighted by Crippen LogP contribution is -2.45. The van der Waals surface area contributed by atoms with Crippen molar-refractivity contribution in [2.24, 2.45) is 10.8 Å². The lowest BCUT2D eigenvalue weighted by Gasteiger charge is -2.39. The predicted molar refractivity (Wildman–Crippen MR) is 131 cm³/mol. The molecule has 0 bridgehead atoms. The van der Waals surface area contributed by atoms with E-state index in [2.05, 4.69) is 101 Å². The number of ketones is 1. The van der Waals surface area contributed by atoms with Crippen LogP contribution in [-0.2, 0) is 22.0 Å². The van der Waals surface area contributed by atoms with Crippen LogP contribution in [0, 0.1) is 10.8 Å². The quantitative estimate of drug-likeness (QED) is 0.433. The van der Waals surface area contributed by atoms with E-state index >= 15 is 0 Å². The van der Waals surface area contributed by atoms with Crippen LogP contribution in [0.1, 0.15) is 99.8 Å². The molecule has 1 aliphatic heterocycles. The van der Waals surface area contributed by atoms with E-state index in [0.29, 0.717) is 6.42 Å². The Morgan fingerprint density at radius 2 is 1.29 bits per heavy atom. The van der Waals surface area contributed by atoms with Gasteiger partial charge >= 0.3 is 0 Å². The van der Waals surface area contributed by atoms with Crippen LogP contribution in [0.4, 0.5) is 0 Å². The van der Waals surface area contributed by atoms with Gasteiger partial charge in [-0.15, -0.1) is 0 Å². The normalized spacial score (nSPS) is 22.3. The summed E-state index contributed by atoms with van der Waals surface area (Å²) in [6.45, 7) is 26.6. The standard InChI is InChI=1S/C29H42O2/c1-25(2,3)19-13-18-16-29(31-24(18)21(14-19)27(7,8)9)17-22(28(10,11)12)20(15-23(29)30)26(4,5)6/h13-15,17H,16H2,1-12H3/t29-/m1/s1. The van der Waals surface area contributed by atoms with E-state index in [1.807, 2.05) is 6.08 Å². The van der Waals surface area contributed by atoms with Crippen molar-refractivity contribution >= 4 is 5.78 Å². The minimum Gasteiger partial charge on any atom is -0.474 e. The summed E-state index contributed by atoms with van der Waals surface area (Å²) in [6.07, 6.45) is 4.62. The molecule has 0 radical (unpaired) electrons. The SMILES string of the molecule is CC(C)(C)C1=CC(=O)[C@]2(C=C1C(C)(C)C)Cc1cc(C(C)(C)C)cc(C(C)(C)C)c1O2. The molecule has 1 heterocycles. The van der Waals surface area contributed by atoms with Gasteiger partial charge in [0.15, 0.2) is 5.60 Å². The Balaban J connectivity index is 2.21. The van der Waals surface area contributed by atoms with E-state index in [1.165, 1.54) is 16.7 Å². The minimum atomic E-state index is -0.934.